The van der Waals surface area contributed by atoms with Gasteiger partial charge in [0.15, 0.2) is 12.7 Å². The second-order valence-electron chi connectivity index (χ2n) is 5.19. The number of hydrogen-bond acceptors (Lipinski definition) is 6. The summed E-state index contributed by atoms with van der Waals surface area (Å²) in [7, 11) is 0. The molecular formula is C18H15ClN2O4. The van der Waals surface area contributed by atoms with Crippen LogP contribution in [0, 0.1) is 0 Å². The summed E-state index contributed by atoms with van der Waals surface area (Å²) in [6.45, 7) is 1.47. The van der Waals surface area contributed by atoms with E-state index in [0.29, 0.717) is 16.7 Å². The van der Waals surface area contributed by atoms with Gasteiger partial charge in [-0.15, -0.1) is 10.2 Å². The summed E-state index contributed by atoms with van der Waals surface area (Å²) < 4.78 is 16.1. The Bertz CT molecular complexity index is 851. The second-order valence-corrected chi connectivity index (χ2v) is 5.63. The monoisotopic (exact) mass is 358 g/mol. The van der Waals surface area contributed by atoms with E-state index in [1.54, 1.807) is 31.2 Å². The van der Waals surface area contributed by atoms with Gasteiger partial charge in [0.25, 0.3) is 5.89 Å². The summed E-state index contributed by atoms with van der Waals surface area (Å²) >= 11 is 5.88. The van der Waals surface area contributed by atoms with Crippen molar-refractivity contribution in [3.8, 4) is 17.2 Å². The van der Waals surface area contributed by atoms with Crippen LogP contribution in [-0.2, 0) is 16.1 Å². The van der Waals surface area contributed by atoms with Gasteiger partial charge in [0, 0.05) is 10.6 Å². The van der Waals surface area contributed by atoms with Crippen LogP contribution in [-0.4, -0.2) is 22.3 Å². The molecule has 0 fully saturated rings. The molecule has 1 unspecified atom stereocenters. The third-order valence-corrected chi connectivity index (χ3v) is 3.50. The molecule has 0 N–H and O–H groups in total. The minimum Gasteiger partial charge on any atom is -0.479 e. The van der Waals surface area contributed by atoms with Crippen molar-refractivity contribution in [1.29, 1.82) is 0 Å². The Morgan fingerprint density at radius 1 is 1.16 bits per heavy atom. The Balaban J connectivity index is 1.54. The maximum atomic E-state index is 12.0. The zero-order valence-corrected chi connectivity index (χ0v) is 14.1. The van der Waals surface area contributed by atoms with Crippen LogP contribution in [0.3, 0.4) is 0 Å². The van der Waals surface area contributed by atoms with Crippen molar-refractivity contribution < 1.29 is 18.7 Å². The third kappa shape index (κ3) is 4.58. The zero-order valence-electron chi connectivity index (χ0n) is 13.4. The Labute approximate surface area is 149 Å². The predicted molar refractivity (Wildman–Crippen MR) is 91.1 cm³/mol. The fourth-order valence-electron chi connectivity index (χ4n) is 2.05. The molecule has 1 aromatic heterocycles. The number of halogens is 1. The Morgan fingerprint density at radius 2 is 1.96 bits per heavy atom. The molecule has 6 nitrogen and oxygen atoms in total. The largest absolute Gasteiger partial charge is 0.479 e. The maximum absolute atomic E-state index is 12.0. The van der Waals surface area contributed by atoms with Crippen LogP contribution in [0.15, 0.2) is 59.0 Å². The van der Waals surface area contributed by atoms with Gasteiger partial charge in [0.05, 0.1) is 0 Å². The van der Waals surface area contributed by atoms with Gasteiger partial charge in [-0.1, -0.05) is 35.9 Å². The Hall–Kier alpha value is -2.86. The number of aromatic nitrogens is 2. The molecule has 7 heteroatoms. The highest BCUT2D eigenvalue weighted by atomic mass is 35.5. The highest BCUT2D eigenvalue weighted by Crippen LogP contribution is 2.19. The minimum atomic E-state index is -0.796. The van der Waals surface area contributed by atoms with Crippen molar-refractivity contribution in [3.63, 3.8) is 0 Å². The molecule has 0 radical (unpaired) electrons. The predicted octanol–water partition coefficient (Wildman–Crippen LogP) is 3.90. The smallest absolute Gasteiger partial charge is 0.347 e. The molecular weight excluding hydrogens is 344 g/mol. The van der Waals surface area contributed by atoms with E-state index in [1.807, 2.05) is 30.3 Å². The second kappa shape index (κ2) is 7.81. The number of benzene rings is 2. The van der Waals surface area contributed by atoms with Gasteiger partial charge in [-0.25, -0.2) is 4.79 Å². The number of rotatable bonds is 6. The highest BCUT2D eigenvalue weighted by Gasteiger charge is 2.18. The number of hydrogen-bond donors (Lipinski definition) is 0. The first-order valence-corrected chi connectivity index (χ1v) is 7.96. The first kappa shape index (κ1) is 17.0. The van der Waals surface area contributed by atoms with Gasteiger partial charge in [-0.3, -0.25) is 0 Å². The van der Waals surface area contributed by atoms with E-state index in [2.05, 4.69) is 10.2 Å². The fourth-order valence-corrected chi connectivity index (χ4v) is 2.23. The van der Waals surface area contributed by atoms with Crippen molar-refractivity contribution in [3.05, 3.63) is 65.5 Å². The van der Waals surface area contributed by atoms with Crippen LogP contribution in [0.1, 0.15) is 12.8 Å². The zero-order chi connectivity index (χ0) is 17.6. The van der Waals surface area contributed by atoms with Crippen LogP contribution < -0.4 is 4.74 Å². The lowest BCUT2D eigenvalue weighted by Gasteiger charge is -2.13. The van der Waals surface area contributed by atoms with Gasteiger partial charge in [0.1, 0.15) is 5.75 Å². The molecule has 128 valence electrons. The Morgan fingerprint density at radius 3 is 2.72 bits per heavy atom. The molecule has 0 aliphatic heterocycles. The van der Waals surface area contributed by atoms with Crippen molar-refractivity contribution in [2.24, 2.45) is 0 Å². The molecule has 2 aromatic carbocycles. The SMILES string of the molecule is CC(Oc1cccc(Cl)c1)C(=O)OCc1nnc(-c2ccccc2)o1. The highest BCUT2D eigenvalue weighted by molar-refractivity contribution is 6.30. The van der Waals surface area contributed by atoms with E-state index < -0.39 is 12.1 Å². The molecule has 3 rings (SSSR count). The summed E-state index contributed by atoms with van der Waals surface area (Å²) in [5.74, 6) is 0.526. The molecule has 0 saturated carbocycles. The number of esters is 1. The van der Waals surface area contributed by atoms with E-state index >= 15 is 0 Å². The molecule has 1 atom stereocenters. The number of carbonyl (C=O) groups excluding carboxylic acids is 1. The summed E-state index contributed by atoms with van der Waals surface area (Å²) in [6.07, 6.45) is -0.796. The molecule has 0 aliphatic rings. The maximum Gasteiger partial charge on any atom is 0.347 e. The number of nitrogens with zero attached hydrogens (tertiary/aromatic N) is 2. The van der Waals surface area contributed by atoms with Crippen molar-refractivity contribution in [2.45, 2.75) is 19.6 Å². The summed E-state index contributed by atoms with van der Waals surface area (Å²) in [4.78, 5) is 12.0. The van der Waals surface area contributed by atoms with E-state index in [0.717, 1.165) is 5.56 Å². The van der Waals surface area contributed by atoms with Crippen LogP contribution >= 0.6 is 11.6 Å². The van der Waals surface area contributed by atoms with Crippen molar-refractivity contribution in [2.75, 3.05) is 0 Å². The molecule has 25 heavy (non-hydrogen) atoms. The molecule has 3 aromatic rings. The van der Waals surface area contributed by atoms with Gasteiger partial charge < -0.3 is 13.9 Å². The van der Waals surface area contributed by atoms with Gasteiger partial charge in [-0.2, -0.15) is 0 Å². The first-order valence-electron chi connectivity index (χ1n) is 7.58. The molecule has 0 aliphatic carbocycles. The van der Waals surface area contributed by atoms with E-state index in [4.69, 9.17) is 25.5 Å². The molecule has 1 heterocycles. The normalized spacial score (nSPS) is 11.8. The first-order chi connectivity index (χ1) is 12.1. The summed E-state index contributed by atoms with van der Waals surface area (Å²) in [6, 6.07) is 16.1. The van der Waals surface area contributed by atoms with Crippen LogP contribution in [0.25, 0.3) is 11.5 Å². The fraction of sp³-hybridized carbons (Fsp3) is 0.167. The van der Waals surface area contributed by atoms with E-state index in [1.165, 1.54) is 0 Å². The van der Waals surface area contributed by atoms with Gasteiger partial charge in [0.2, 0.25) is 5.89 Å². The average molecular weight is 359 g/mol. The van der Waals surface area contributed by atoms with E-state index in [-0.39, 0.29) is 12.5 Å². The molecule has 0 amide bonds. The Kier molecular flexibility index (Phi) is 5.30. The quantitative estimate of drug-likeness (QED) is 0.622. The minimum absolute atomic E-state index is 0.123. The standard InChI is InChI=1S/C18H15ClN2O4/c1-12(24-15-9-5-8-14(19)10-15)18(22)23-11-16-20-21-17(25-16)13-6-3-2-4-7-13/h2-10,12H,11H2,1H3. The van der Waals surface area contributed by atoms with Crippen LogP contribution in [0.5, 0.6) is 5.75 Å². The molecule has 0 spiro atoms. The molecule has 0 saturated heterocycles. The summed E-state index contributed by atoms with van der Waals surface area (Å²) in [5, 5.41) is 8.33. The van der Waals surface area contributed by atoms with Crippen molar-refractivity contribution >= 4 is 17.6 Å². The average Bonchev–Trinajstić information content (AvgIpc) is 3.09. The summed E-state index contributed by atoms with van der Waals surface area (Å²) in [5.41, 5.74) is 0.797. The number of carbonyl (C=O) groups is 1. The molecule has 0 bridgehead atoms. The van der Waals surface area contributed by atoms with Crippen LogP contribution in [0.4, 0.5) is 0 Å². The third-order valence-electron chi connectivity index (χ3n) is 3.27. The lowest BCUT2D eigenvalue weighted by Crippen LogP contribution is -2.26. The lowest BCUT2D eigenvalue weighted by atomic mass is 10.2. The van der Waals surface area contributed by atoms with Gasteiger partial charge in [-0.05, 0) is 37.3 Å². The lowest BCUT2D eigenvalue weighted by molar-refractivity contribution is -0.153. The topological polar surface area (TPSA) is 74.5 Å². The van der Waals surface area contributed by atoms with E-state index in [9.17, 15) is 4.79 Å². The van der Waals surface area contributed by atoms with Crippen LogP contribution in [0.2, 0.25) is 5.02 Å². The number of ether oxygens (including phenoxy) is 2. The van der Waals surface area contributed by atoms with Gasteiger partial charge >= 0.3 is 5.97 Å². The van der Waals surface area contributed by atoms with Crippen molar-refractivity contribution in [1.82, 2.24) is 10.2 Å².